The first-order valence-corrected chi connectivity index (χ1v) is 5.22. The molecule has 0 radical (unpaired) electrons. The van der Waals surface area contributed by atoms with Crippen LogP contribution in [-0.4, -0.2) is 62.8 Å². The van der Waals surface area contributed by atoms with Crippen LogP contribution < -0.4 is 0 Å². The minimum Gasteiger partial charge on any atom is -0.470 e. The molecule has 0 aliphatic rings. The molecule has 1 aromatic rings. The van der Waals surface area contributed by atoms with E-state index in [0.717, 1.165) is 5.76 Å². The summed E-state index contributed by atoms with van der Waals surface area (Å²) in [6.45, 7) is 1.16. The van der Waals surface area contributed by atoms with Crippen molar-refractivity contribution in [2.75, 3.05) is 6.61 Å². The lowest BCUT2D eigenvalue weighted by atomic mass is 10.0. The molecule has 0 fully saturated rings. The van der Waals surface area contributed by atoms with Crippen molar-refractivity contribution < 1.29 is 34.7 Å². The van der Waals surface area contributed by atoms with Crippen molar-refractivity contribution in [1.82, 2.24) is 0 Å². The summed E-state index contributed by atoms with van der Waals surface area (Å²) >= 11 is 0. The summed E-state index contributed by atoms with van der Waals surface area (Å²) in [5.74, 6) is 0.968. The smallest absolute Gasteiger partial charge is 0.151 e. The number of aliphatic hydroxyl groups is 5. The Labute approximate surface area is 104 Å². The molecule has 1 heterocycles. The second kappa shape index (κ2) is 8.78. The van der Waals surface area contributed by atoms with Crippen LogP contribution in [0.3, 0.4) is 0 Å². The number of rotatable bonds is 5. The average molecular weight is 262 g/mol. The van der Waals surface area contributed by atoms with Gasteiger partial charge in [0.1, 0.15) is 30.2 Å². The zero-order chi connectivity index (χ0) is 14.1. The zero-order valence-electron chi connectivity index (χ0n) is 9.88. The molecule has 104 valence electrons. The van der Waals surface area contributed by atoms with Gasteiger partial charge < -0.3 is 34.7 Å². The number of hydrogen-bond acceptors (Lipinski definition) is 7. The molecule has 0 spiro atoms. The molecule has 1 rings (SSSR count). The fraction of sp³-hybridized carbons (Fsp3) is 0.545. The number of aliphatic hydroxyl groups excluding tert-OH is 5. The second-order valence-electron chi connectivity index (χ2n) is 3.58. The largest absolute Gasteiger partial charge is 0.470 e. The van der Waals surface area contributed by atoms with Gasteiger partial charge in [0.25, 0.3) is 0 Å². The summed E-state index contributed by atoms with van der Waals surface area (Å²) in [5.41, 5.74) is 0. The van der Waals surface area contributed by atoms with E-state index >= 15 is 0 Å². The minimum atomic E-state index is -1.79. The van der Waals surface area contributed by atoms with Gasteiger partial charge in [0, 0.05) is 0 Å². The standard InChI is InChI=1S/C6H12O6.C5H6O/c7-1-3(9)5(11)6(12)4(10)2-8;1-5-3-2-4-6-5/h1,3-6,8-12H,2H2;2-4H,1H3. The van der Waals surface area contributed by atoms with Crippen molar-refractivity contribution in [1.29, 1.82) is 0 Å². The van der Waals surface area contributed by atoms with Crippen LogP contribution in [0.4, 0.5) is 0 Å². The molecule has 4 unspecified atom stereocenters. The Balaban J connectivity index is 0.000000397. The Morgan fingerprint density at radius 3 is 2.17 bits per heavy atom. The van der Waals surface area contributed by atoms with E-state index in [-0.39, 0.29) is 6.29 Å². The van der Waals surface area contributed by atoms with Gasteiger partial charge in [-0.1, -0.05) is 0 Å². The highest BCUT2D eigenvalue weighted by atomic mass is 16.4. The van der Waals surface area contributed by atoms with Crippen LogP contribution in [0.2, 0.25) is 0 Å². The molecule has 7 nitrogen and oxygen atoms in total. The lowest BCUT2D eigenvalue weighted by Crippen LogP contribution is -2.46. The molecule has 0 bridgehead atoms. The molecule has 0 aliphatic heterocycles. The first-order chi connectivity index (χ1) is 8.43. The molecule has 0 saturated heterocycles. The van der Waals surface area contributed by atoms with E-state index in [1.807, 2.05) is 19.1 Å². The quantitative estimate of drug-likeness (QED) is 0.396. The van der Waals surface area contributed by atoms with Gasteiger partial charge in [0.05, 0.1) is 12.9 Å². The van der Waals surface area contributed by atoms with Gasteiger partial charge in [-0.25, -0.2) is 0 Å². The summed E-state index contributed by atoms with van der Waals surface area (Å²) in [4.78, 5) is 9.90. The van der Waals surface area contributed by atoms with E-state index in [1.54, 1.807) is 6.26 Å². The van der Waals surface area contributed by atoms with E-state index < -0.39 is 31.0 Å². The summed E-state index contributed by atoms with van der Waals surface area (Å²) in [5, 5.41) is 43.5. The predicted octanol–water partition coefficient (Wildman–Crippen LogP) is -1.79. The maximum absolute atomic E-state index is 9.90. The van der Waals surface area contributed by atoms with Crippen LogP contribution >= 0.6 is 0 Å². The first-order valence-electron chi connectivity index (χ1n) is 5.22. The molecular weight excluding hydrogens is 244 g/mol. The maximum Gasteiger partial charge on any atom is 0.151 e. The SMILES string of the molecule is Cc1ccco1.O=CC(O)C(O)C(O)C(O)CO. The van der Waals surface area contributed by atoms with E-state index in [1.165, 1.54) is 0 Å². The molecule has 18 heavy (non-hydrogen) atoms. The highest BCUT2D eigenvalue weighted by molar-refractivity contribution is 5.56. The number of furan rings is 1. The molecule has 1 aromatic heterocycles. The van der Waals surface area contributed by atoms with Crippen LogP contribution in [-0.2, 0) is 4.79 Å². The van der Waals surface area contributed by atoms with E-state index in [0.29, 0.717) is 0 Å². The van der Waals surface area contributed by atoms with Crippen LogP contribution in [0.1, 0.15) is 5.76 Å². The highest BCUT2D eigenvalue weighted by Crippen LogP contribution is 2.02. The van der Waals surface area contributed by atoms with Gasteiger partial charge in [0.15, 0.2) is 6.29 Å². The summed E-state index contributed by atoms with van der Waals surface area (Å²) in [7, 11) is 0. The Kier molecular flexibility index (Phi) is 8.17. The van der Waals surface area contributed by atoms with Gasteiger partial charge >= 0.3 is 0 Å². The molecule has 4 atom stereocenters. The van der Waals surface area contributed by atoms with Gasteiger partial charge in [-0.15, -0.1) is 0 Å². The minimum absolute atomic E-state index is 0.0258. The third-order valence-corrected chi connectivity index (χ3v) is 2.08. The molecule has 0 aromatic carbocycles. The topological polar surface area (TPSA) is 131 Å². The van der Waals surface area contributed by atoms with Crippen molar-refractivity contribution in [3.05, 3.63) is 24.2 Å². The molecular formula is C11H18O7. The van der Waals surface area contributed by atoms with Gasteiger partial charge in [0.2, 0.25) is 0 Å². The first kappa shape index (κ1) is 16.8. The zero-order valence-corrected chi connectivity index (χ0v) is 9.88. The highest BCUT2D eigenvalue weighted by Gasteiger charge is 2.29. The van der Waals surface area contributed by atoms with Crippen molar-refractivity contribution in [3.63, 3.8) is 0 Å². The number of carbonyl (C=O) groups excluding carboxylic acids is 1. The van der Waals surface area contributed by atoms with Gasteiger partial charge in [-0.3, -0.25) is 0 Å². The summed E-state index contributed by atoms with van der Waals surface area (Å²) < 4.78 is 4.83. The fourth-order valence-electron chi connectivity index (χ4n) is 0.979. The monoisotopic (exact) mass is 262 g/mol. The summed E-state index contributed by atoms with van der Waals surface area (Å²) in [6.07, 6.45) is -5.18. The maximum atomic E-state index is 9.90. The molecule has 0 saturated carbocycles. The summed E-state index contributed by atoms with van der Waals surface area (Å²) in [6, 6.07) is 3.79. The van der Waals surface area contributed by atoms with Crippen molar-refractivity contribution in [2.45, 2.75) is 31.3 Å². The van der Waals surface area contributed by atoms with Crippen LogP contribution in [0.5, 0.6) is 0 Å². The van der Waals surface area contributed by atoms with Gasteiger partial charge in [-0.2, -0.15) is 0 Å². The Morgan fingerprint density at radius 2 is 1.89 bits per heavy atom. The number of hydrogen-bond donors (Lipinski definition) is 5. The Morgan fingerprint density at radius 1 is 1.28 bits per heavy atom. The van der Waals surface area contributed by atoms with Crippen molar-refractivity contribution in [2.24, 2.45) is 0 Å². The number of carbonyl (C=O) groups is 1. The normalized spacial score (nSPS) is 17.0. The van der Waals surface area contributed by atoms with Crippen LogP contribution in [0.15, 0.2) is 22.8 Å². The third-order valence-electron chi connectivity index (χ3n) is 2.08. The van der Waals surface area contributed by atoms with Crippen LogP contribution in [0.25, 0.3) is 0 Å². The third kappa shape index (κ3) is 5.89. The van der Waals surface area contributed by atoms with Gasteiger partial charge in [-0.05, 0) is 19.1 Å². The van der Waals surface area contributed by atoms with E-state index in [4.69, 9.17) is 29.9 Å². The van der Waals surface area contributed by atoms with Crippen LogP contribution in [0, 0.1) is 6.92 Å². The van der Waals surface area contributed by atoms with E-state index in [2.05, 4.69) is 0 Å². The average Bonchev–Trinajstić information content (AvgIpc) is 2.86. The Hall–Kier alpha value is -1.25. The van der Waals surface area contributed by atoms with E-state index in [9.17, 15) is 4.79 Å². The molecule has 7 heteroatoms. The molecule has 0 aliphatic carbocycles. The lowest BCUT2D eigenvalue weighted by molar-refractivity contribution is -0.136. The van der Waals surface area contributed by atoms with Crippen molar-refractivity contribution in [3.8, 4) is 0 Å². The molecule has 0 amide bonds. The predicted molar refractivity (Wildman–Crippen MR) is 60.6 cm³/mol. The Bertz CT molecular complexity index is 311. The molecule has 5 N–H and O–H groups in total. The second-order valence-corrected chi connectivity index (χ2v) is 3.58. The fourth-order valence-corrected chi connectivity index (χ4v) is 0.979. The number of aryl methyl sites for hydroxylation is 1. The number of aldehydes is 1. The lowest BCUT2D eigenvalue weighted by Gasteiger charge is -2.22. The van der Waals surface area contributed by atoms with Crippen molar-refractivity contribution >= 4 is 6.29 Å².